The largest absolute Gasteiger partial charge is 0.337 e. The van der Waals surface area contributed by atoms with Crippen molar-refractivity contribution in [2.24, 2.45) is 0 Å². The molecule has 0 spiro atoms. The molecule has 1 aromatic carbocycles. The third-order valence-corrected chi connectivity index (χ3v) is 4.19. The maximum Gasteiger partial charge on any atom is 0.321 e. The van der Waals surface area contributed by atoms with Crippen LogP contribution in [0, 0.1) is 0 Å². The smallest absolute Gasteiger partial charge is 0.321 e. The van der Waals surface area contributed by atoms with Gasteiger partial charge in [0.1, 0.15) is 5.51 Å². The van der Waals surface area contributed by atoms with Crippen molar-refractivity contribution in [3.8, 4) is 0 Å². The van der Waals surface area contributed by atoms with Crippen LogP contribution in [0.4, 0.5) is 9.93 Å². The molecule has 104 valence electrons. The summed E-state index contributed by atoms with van der Waals surface area (Å²) in [5.74, 6) is 0.403. The second-order valence-electron chi connectivity index (χ2n) is 4.87. The Morgan fingerprint density at radius 2 is 2.30 bits per heavy atom. The summed E-state index contributed by atoms with van der Waals surface area (Å²) in [6.45, 7) is 0.654. The number of urea groups is 1. The minimum Gasteiger partial charge on any atom is -0.337 e. The van der Waals surface area contributed by atoms with Crippen LogP contribution in [0.15, 0.2) is 29.8 Å². The van der Waals surface area contributed by atoms with Gasteiger partial charge in [-0.05, 0) is 30.4 Å². The maximum absolute atomic E-state index is 11.8. The van der Waals surface area contributed by atoms with Gasteiger partial charge < -0.3 is 5.32 Å². The van der Waals surface area contributed by atoms with Crippen molar-refractivity contribution in [1.82, 2.24) is 15.5 Å². The van der Waals surface area contributed by atoms with E-state index in [1.54, 1.807) is 5.51 Å². The van der Waals surface area contributed by atoms with Crippen molar-refractivity contribution in [2.45, 2.75) is 25.2 Å². The molecule has 2 N–H and O–H groups in total. The van der Waals surface area contributed by atoms with Crippen LogP contribution in [-0.4, -0.2) is 22.8 Å². The number of aryl methyl sites for hydroxylation is 1. The molecule has 0 saturated carbocycles. The monoisotopic (exact) mass is 288 g/mol. The van der Waals surface area contributed by atoms with Gasteiger partial charge in [-0.2, -0.15) is 0 Å². The molecule has 1 aromatic heterocycles. The summed E-state index contributed by atoms with van der Waals surface area (Å²) >= 11 is 1.31. The number of fused-ring (bicyclic) bond motifs is 1. The first kappa shape index (κ1) is 13.1. The lowest BCUT2D eigenvalue weighted by atomic mass is 9.83. The van der Waals surface area contributed by atoms with E-state index in [-0.39, 0.29) is 6.03 Å². The van der Waals surface area contributed by atoms with E-state index in [1.165, 1.54) is 28.9 Å². The van der Waals surface area contributed by atoms with E-state index in [4.69, 9.17) is 0 Å². The number of nitrogens with one attached hydrogen (secondary N) is 2. The average Bonchev–Trinajstić information content (AvgIpc) is 2.98. The Balaban J connectivity index is 1.58. The highest BCUT2D eigenvalue weighted by atomic mass is 32.1. The molecule has 1 aliphatic rings. The number of anilines is 1. The summed E-state index contributed by atoms with van der Waals surface area (Å²) in [7, 11) is 0. The van der Waals surface area contributed by atoms with Crippen molar-refractivity contribution in [1.29, 1.82) is 0 Å². The van der Waals surface area contributed by atoms with Crippen LogP contribution in [0.2, 0.25) is 0 Å². The third kappa shape index (κ3) is 2.96. The van der Waals surface area contributed by atoms with Gasteiger partial charge in [-0.25, -0.2) is 4.79 Å². The third-order valence-electron chi connectivity index (χ3n) is 3.58. The van der Waals surface area contributed by atoms with Crippen molar-refractivity contribution in [3.63, 3.8) is 0 Å². The molecule has 1 atom stereocenters. The number of hydrogen-bond acceptors (Lipinski definition) is 4. The molecule has 1 aliphatic carbocycles. The van der Waals surface area contributed by atoms with E-state index in [0.717, 1.165) is 12.8 Å². The first-order chi connectivity index (χ1) is 9.83. The van der Waals surface area contributed by atoms with Crippen LogP contribution in [0.1, 0.15) is 29.9 Å². The maximum atomic E-state index is 11.8. The predicted molar refractivity (Wildman–Crippen MR) is 79.1 cm³/mol. The molecule has 0 aliphatic heterocycles. The summed E-state index contributed by atoms with van der Waals surface area (Å²) in [6.07, 6.45) is 3.45. The zero-order valence-electron chi connectivity index (χ0n) is 11.0. The van der Waals surface area contributed by atoms with Crippen molar-refractivity contribution in [3.05, 3.63) is 40.9 Å². The van der Waals surface area contributed by atoms with E-state index in [0.29, 0.717) is 17.6 Å². The number of hydrogen-bond donors (Lipinski definition) is 2. The van der Waals surface area contributed by atoms with E-state index in [1.807, 2.05) is 0 Å². The van der Waals surface area contributed by atoms with E-state index >= 15 is 0 Å². The fraction of sp³-hybridized carbons (Fsp3) is 0.357. The number of amides is 2. The first-order valence-electron chi connectivity index (χ1n) is 6.72. The van der Waals surface area contributed by atoms with Crippen LogP contribution in [0.25, 0.3) is 0 Å². The molecule has 5 nitrogen and oxygen atoms in total. The van der Waals surface area contributed by atoms with Gasteiger partial charge in [-0.15, -0.1) is 10.2 Å². The lowest BCUT2D eigenvalue weighted by molar-refractivity contribution is 0.251. The van der Waals surface area contributed by atoms with Crippen LogP contribution in [0.5, 0.6) is 0 Å². The Bertz CT molecular complexity index is 585. The standard InChI is InChI=1S/C14H16N4OS/c19-13(17-14-18-16-9-20-14)15-8-11-6-3-5-10-4-1-2-7-12(10)11/h1-2,4,7,9,11H,3,5-6,8H2,(H2,15,17,18,19)/t11-/m1/s1. The molecule has 1 heterocycles. The first-order valence-corrected chi connectivity index (χ1v) is 7.60. The van der Waals surface area contributed by atoms with E-state index in [2.05, 4.69) is 45.1 Å². The number of rotatable bonds is 3. The number of carbonyl (C=O) groups excluding carboxylic acids is 1. The fourth-order valence-corrected chi connectivity index (χ4v) is 3.09. The topological polar surface area (TPSA) is 66.9 Å². The summed E-state index contributed by atoms with van der Waals surface area (Å²) in [5, 5.41) is 13.6. The molecule has 0 bridgehead atoms. The Hall–Kier alpha value is -1.95. The summed E-state index contributed by atoms with van der Waals surface area (Å²) in [4.78, 5) is 11.8. The fourth-order valence-electron chi connectivity index (χ4n) is 2.65. The summed E-state index contributed by atoms with van der Waals surface area (Å²) in [5.41, 5.74) is 4.37. The lowest BCUT2D eigenvalue weighted by Crippen LogP contribution is -2.33. The Morgan fingerprint density at radius 1 is 1.40 bits per heavy atom. The number of carbonyl (C=O) groups is 1. The second-order valence-corrected chi connectivity index (χ2v) is 5.70. The Morgan fingerprint density at radius 3 is 3.15 bits per heavy atom. The quantitative estimate of drug-likeness (QED) is 0.912. The molecule has 0 radical (unpaired) electrons. The van der Waals surface area contributed by atoms with Gasteiger partial charge in [-0.1, -0.05) is 35.6 Å². The van der Waals surface area contributed by atoms with Crippen molar-refractivity contribution >= 4 is 22.5 Å². The van der Waals surface area contributed by atoms with E-state index in [9.17, 15) is 4.79 Å². The highest BCUT2D eigenvalue weighted by molar-refractivity contribution is 7.13. The second kappa shape index (κ2) is 6.00. The van der Waals surface area contributed by atoms with Gasteiger partial charge in [0, 0.05) is 12.5 Å². The van der Waals surface area contributed by atoms with Crippen LogP contribution in [-0.2, 0) is 6.42 Å². The average molecular weight is 288 g/mol. The van der Waals surface area contributed by atoms with Gasteiger partial charge in [-0.3, -0.25) is 5.32 Å². The molecule has 0 unspecified atom stereocenters. The molecule has 2 amide bonds. The number of nitrogens with zero attached hydrogens (tertiary/aromatic N) is 2. The van der Waals surface area contributed by atoms with Crippen LogP contribution in [0.3, 0.4) is 0 Å². The summed E-state index contributed by atoms with van der Waals surface area (Å²) in [6, 6.07) is 8.28. The van der Waals surface area contributed by atoms with Crippen molar-refractivity contribution in [2.75, 3.05) is 11.9 Å². The molecular weight excluding hydrogens is 272 g/mol. The van der Waals surface area contributed by atoms with Gasteiger partial charge in [0.05, 0.1) is 0 Å². The SMILES string of the molecule is O=C(NC[C@H]1CCCc2ccccc21)Nc1nncs1. The zero-order valence-corrected chi connectivity index (χ0v) is 11.8. The molecule has 6 heteroatoms. The predicted octanol–water partition coefficient (Wildman–Crippen LogP) is 2.78. The lowest BCUT2D eigenvalue weighted by Gasteiger charge is -2.25. The molecule has 0 saturated heterocycles. The molecule has 20 heavy (non-hydrogen) atoms. The normalized spacial score (nSPS) is 17.3. The number of aromatic nitrogens is 2. The summed E-state index contributed by atoms with van der Waals surface area (Å²) < 4.78 is 0. The molecule has 0 fully saturated rings. The molecule has 3 rings (SSSR count). The van der Waals surface area contributed by atoms with Gasteiger partial charge >= 0.3 is 6.03 Å². The molecule has 2 aromatic rings. The minimum atomic E-state index is -0.218. The van der Waals surface area contributed by atoms with Crippen LogP contribution < -0.4 is 10.6 Å². The van der Waals surface area contributed by atoms with E-state index < -0.39 is 0 Å². The molecular formula is C14H16N4OS. The van der Waals surface area contributed by atoms with Gasteiger partial charge in [0.25, 0.3) is 0 Å². The highest BCUT2D eigenvalue weighted by Crippen LogP contribution is 2.30. The minimum absolute atomic E-state index is 0.218. The van der Waals surface area contributed by atoms with Gasteiger partial charge in [0.2, 0.25) is 5.13 Å². The number of benzene rings is 1. The van der Waals surface area contributed by atoms with Crippen LogP contribution >= 0.6 is 11.3 Å². The van der Waals surface area contributed by atoms with Gasteiger partial charge in [0.15, 0.2) is 0 Å². The Labute approximate surface area is 121 Å². The zero-order chi connectivity index (χ0) is 13.8. The highest BCUT2D eigenvalue weighted by Gasteiger charge is 2.20. The van der Waals surface area contributed by atoms with Crippen molar-refractivity contribution < 1.29 is 4.79 Å². The Kier molecular flexibility index (Phi) is 3.92.